The van der Waals surface area contributed by atoms with Crippen LogP contribution >= 0.6 is 0 Å². The molecule has 4 heteroatoms. The first-order valence-corrected chi connectivity index (χ1v) is 9.07. The van der Waals surface area contributed by atoms with Gasteiger partial charge in [0.15, 0.2) is 5.78 Å². The van der Waals surface area contributed by atoms with Crippen LogP contribution in [0.15, 0.2) is 76.0 Å². The maximum atomic E-state index is 13.0. The van der Waals surface area contributed by atoms with Gasteiger partial charge < -0.3 is 0 Å². The lowest BCUT2D eigenvalue weighted by Crippen LogP contribution is -2.12. The van der Waals surface area contributed by atoms with Crippen molar-refractivity contribution in [1.29, 1.82) is 0 Å². The van der Waals surface area contributed by atoms with Crippen LogP contribution in [-0.4, -0.2) is 14.2 Å². The molecule has 0 saturated carbocycles. The standard InChI is InChI=1S/C20H20O3S/c1-15(2)13-19(21)20(14-17-7-5-4-6-8-17)24(22,23)18-11-9-16(3)10-12-18/h4-14H,1-3H3/b20-14+. The van der Waals surface area contributed by atoms with Gasteiger partial charge in [0.05, 0.1) is 4.90 Å². The maximum absolute atomic E-state index is 13.0. The highest BCUT2D eigenvalue weighted by molar-refractivity contribution is 7.96. The van der Waals surface area contributed by atoms with Crippen LogP contribution in [0.3, 0.4) is 0 Å². The average Bonchev–Trinajstić information content (AvgIpc) is 2.53. The maximum Gasteiger partial charge on any atom is 0.210 e. The Morgan fingerprint density at radius 1 is 0.917 bits per heavy atom. The van der Waals surface area contributed by atoms with Gasteiger partial charge in [-0.05, 0) is 50.6 Å². The minimum Gasteiger partial charge on any atom is -0.288 e. The number of hydrogen-bond donors (Lipinski definition) is 0. The Balaban J connectivity index is 2.61. The molecular weight excluding hydrogens is 320 g/mol. The second-order valence-corrected chi connectivity index (χ2v) is 7.74. The van der Waals surface area contributed by atoms with Crippen LogP contribution in [-0.2, 0) is 14.6 Å². The molecule has 0 radical (unpaired) electrons. The average molecular weight is 340 g/mol. The highest BCUT2D eigenvalue weighted by Gasteiger charge is 2.25. The van der Waals surface area contributed by atoms with Crippen molar-refractivity contribution in [3.63, 3.8) is 0 Å². The topological polar surface area (TPSA) is 51.2 Å². The minimum absolute atomic E-state index is 0.116. The van der Waals surface area contributed by atoms with E-state index in [9.17, 15) is 13.2 Å². The number of carbonyl (C=O) groups is 1. The lowest BCUT2D eigenvalue weighted by Gasteiger charge is -2.08. The van der Waals surface area contributed by atoms with Crippen LogP contribution in [0.25, 0.3) is 6.08 Å². The van der Waals surface area contributed by atoms with Gasteiger partial charge in [0.2, 0.25) is 9.84 Å². The number of aryl methyl sites for hydroxylation is 1. The monoisotopic (exact) mass is 340 g/mol. The van der Waals surface area contributed by atoms with E-state index in [0.717, 1.165) is 11.1 Å². The van der Waals surface area contributed by atoms with Crippen molar-refractivity contribution in [3.8, 4) is 0 Å². The number of allylic oxidation sites excluding steroid dienone is 3. The summed E-state index contributed by atoms with van der Waals surface area (Å²) in [5.74, 6) is -0.514. The molecule has 3 nitrogen and oxygen atoms in total. The number of ketones is 1. The van der Waals surface area contributed by atoms with Crippen LogP contribution in [0.2, 0.25) is 0 Å². The van der Waals surface area contributed by atoms with Gasteiger partial charge in [-0.15, -0.1) is 0 Å². The summed E-state index contributed by atoms with van der Waals surface area (Å²) in [7, 11) is -3.89. The number of rotatable bonds is 5. The summed E-state index contributed by atoms with van der Waals surface area (Å²) in [6.45, 7) is 5.40. The van der Waals surface area contributed by atoms with Gasteiger partial charge in [0.1, 0.15) is 4.91 Å². The van der Waals surface area contributed by atoms with Crippen LogP contribution in [0.1, 0.15) is 25.0 Å². The van der Waals surface area contributed by atoms with Crippen molar-refractivity contribution in [3.05, 3.63) is 82.3 Å². The number of carbonyl (C=O) groups excluding carboxylic acids is 1. The summed E-state index contributed by atoms with van der Waals surface area (Å²) >= 11 is 0. The second-order valence-electron chi connectivity index (χ2n) is 5.82. The molecule has 2 aromatic carbocycles. The van der Waals surface area contributed by atoms with Gasteiger partial charge in [-0.1, -0.05) is 53.6 Å². The summed E-state index contributed by atoms with van der Waals surface area (Å²) in [5.41, 5.74) is 2.37. The van der Waals surface area contributed by atoms with Crippen molar-refractivity contribution in [2.24, 2.45) is 0 Å². The largest absolute Gasteiger partial charge is 0.288 e. The third-order valence-corrected chi connectivity index (χ3v) is 5.17. The van der Waals surface area contributed by atoms with E-state index in [4.69, 9.17) is 0 Å². The third kappa shape index (κ3) is 4.30. The first-order chi connectivity index (χ1) is 11.3. The van der Waals surface area contributed by atoms with Gasteiger partial charge in [-0.2, -0.15) is 0 Å². The van der Waals surface area contributed by atoms with Gasteiger partial charge in [-0.25, -0.2) is 8.42 Å². The van der Waals surface area contributed by atoms with Gasteiger partial charge in [0.25, 0.3) is 0 Å². The van der Waals surface area contributed by atoms with E-state index in [1.807, 2.05) is 13.0 Å². The Morgan fingerprint density at radius 2 is 1.50 bits per heavy atom. The van der Waals surface area contributed by atoms with Crippen molar-refractivity contribution >= 4 is 21.7 Å². The van der Waals surface area contributed by atoms with Crippen LogP contribution in [0.4, 0.5) is 0 Å². The zero-order valence-electron chi connectivity index (χ0n) is 14.0. The van der Waals surface area contributed by atoms with E-state index >= 15 is 0 Å². The number of sulfone groups is 1. The van der Waals surface area contributed by atoms with Gasteiger partial charge in [0, 0.05) is 0 Å². The molecule has 0 spiro atoms. The molecule has 0 unspecified atom stereocenters. The summed E-state index contributed by atoms with van der Waals surface area (Å²) < 4.78 is 25.9. The Hall–Kier alpha value is -2.46. The zero-order chi connectivity index (χ0) is 17.7. The predicted molar refractivity (Wildman–Crippen MR) is 97.2 cm³/mol. The summed E-state index contributed by atoms with van der Waals surface area (Å²) in [6.07, 6.45) is 2.78. The number of benzene rings is 2. The molecule has 24 heavy (non-hydrogen) atoms. The lowest BCUT2D eigenvalue weighted by molar-refractivity contribution is -0.110. The van der Waals surface area contributed by atoms with E-state index < -0.39 is 15.6 Å². The van der Waals surface area contributed by atoms with Crippen molar-refractivity contribution < 1.29 is 13.2 Å². The molecule has 2 aromatic rings. The van der Waals surface area contributed by atoms with E-state index in [1.165, 1.54) is 24.3 Å². The fourth-order valence-electron chi connectivity index (χ4n) is 2.16. The van der Waals surface area contributed by atoms with E-state index in [-0.39, 0.29) is 9.80 Å². The summed E-state index contributed by atoms with van der Waals surface area (Å²) in [6, 6.07) is 15.5. The Labute approximate surface area is 143 Å². The summed E-state index contributed by atoms with van der Waals surface area (Å²) in [5, 5.41) is 0. The highest BCUT2D eigenvalue weighted by atomic mass is 32.2. The molecule has 2 rings (SSSR count). The third-order valence-electron chi connectivity index (χ3n) is 3.38. The lowest BCUT2D eigenvalue weighted by atomic mass is 10.1. The molecule has 0 aromatic heterocycles. The smallest absolute Gasteiger partial charge is 0.210 e. The molecule has 0 saturated heterocycles. The predicted octanol–water partition coefficient (Wildman–Crippen LogP) is 4.35. The zero-order valence-corrected chi connectivity index (χ0v) is 14.8. The Kier molecular flexibility index (Phi) is 5.52. The fraction of sp³-hybridized carbons (Fsp3) is 0.150. The molecule has 0 aliphatic carbocycles. The quantitative estimate of drug-likeness (QED) is 0.761. The molecule has 0 aliphatic heterocycles. The molecule has 0 amide bonds. The van der Waals surface area contributed by atoms with Crippen LogP contribution < -0.4 is 0 Å². The molecule has 0 N–H and O–H groups in total. The Morgan fingerprint density at radius 3 is 2.04 bits per heavy atom. The minimum atomic E-state index is -3.89. The van der Waals surface area contributed by atoms with Crippen LogP contribution in [0.5, 0.6) is 0 Å². The van der Waals surface area contributed by atoms with E-state index in [0.29, 0.717) is 5.56 Å². The normalized spacial score (nSPS) is 11.9. The summed E-state index contributed by atoms with van der Waals surface area (Å²) in [4.78, 5) is 12.4. The molecule has 124 valence electrons. The molecule has 0 fully saturated rings. The van der Waals surface area contributed by atoms with Gasteiger partial charge in [-0.3, -0.25) is 4.79 Å². The second kappa shape index (κ2) is 7.41. The van der Waals surface area contributed by atoms with E-state index in [1.54, 1.807) is 50.2 Å². The molecule has 0 atom stereocenters. The molecule has 0 aliphatic rings. The first-order valence-electron chi connectivity index (χ1n) is 7.58. The molecule has 0 bridgehead atoms. The first kappa shape index (κ1) is 17.9. The highest BCUT2D eigenvalue weighted by Crippen LogP contribution is 2.23. The van der Waals surface area contributed by atoms with E-state index in [2.05, 4.69) is 0 Å². The molecular formula is C20H20O3S. The van der Waals surface area contributed by atoms with Crippen molar-refractivity contribution in [2.75, 3.05) is 0 Å². The van der Waals surface area contributed by atoms with Crippen molar-refractivity contribution in [1.82, 2.24) is 0 Å². The van der Waals surface area contributed by atoms with Crippen molar-refractivity contribution in [2.45, 2.75) is 25.7 Å². The fourth-order valence-corrected chi connectivity index (χ4v) is 3.52. The molecule has 0 heterocycles. The van der Waals surface area contributed by atoms with Gasteiger partial charge >= 0.3 is 0 Å². The van der Waals surface area contributed by atoms with Crippen LogP contribution in [0, 0.1) is 6.92 Å². The number of hydrogen-bond acceptors (Lipinski definition) is 3. The Bertz CT molecular complexity index is 884. The SMILES string of the molecule is CC(C)=CC(=O)/C(=C\c1ccccc1)S(=O)(=O)c1ccc(C)cc1.